The monoisotopic (exact) mass is 716 g/mol. The summed E-state index contributed by atoms with van der Waals surface area (Å²) in [6.07, 6.45) is 69.1. The molecule has 0 saturated heterocycles. The van der Waals surface area contributed by atoms with Gasteiger partial charge in [0.25, 0.3) is 0 Å². The van der Waals surface area contributed by atoms with Crippen molar-refractivity contribution >= 4 is 0 Å². The molecule has 0 bridgehead atoms. The Morgan fingerprint density at radius 3 is 0.549 bits per heavy atom. The Morgan fingerprint density at radius 2 is 0.373 bits per heavy atom. The van der Waals surface area contributed by atoms with Crippen LogP contribution in [0, 0.1) is 12.8 Å². The van der Waals surface area contributed by atoms with Gasteiger partial charge in [0, 0.05) is 0 Å². The van der Waals surface area contributed by atoms with Crippen LogP contribution >= 0.6 is 0 Å². The second-order valence-corrected chi connectivity index (χ2v) is 17.6. The van der Waals surface area contributed by atoms with Crippen molar-refractivity contribution in [3.05, 3.63) is 6.92 Å². The molecule has 0 heteroatoms. The molecule has 0 aromatic heterocycles. The van der Waals surface area contributed by atoms with Gasteiger partial charge in [-0.2, -0.15) is 0 Å². The van der Waals surface area contributed by atoms with Gasteiger partial charge in [-0.1, -0.05) is 323 Å². The van der Waals surface area contributed by atoms with Gasteiger partial charge in [-0.15, -0.1) is 0 Å². The molecule has 0 atom stereocenters. The molecule has 0 saturated carbocycles. The van der Waals surface area contributed by atoms with Gasteiger partial charge in [0.2, 0.25) is 0 Å². The Labute approximate surface area is 327 Å². The minimum Gasteiger partial charge on any atom is -0.0654 e. The average Bonchev–Trinajstić information content (AvgIpc) is 3.14. The van der Waals surface area contributed by atoms with Gasteiger partial charge in [-0.25, -0.2) is 0 Å². The van der Waals surface area contributed by atoms with Crippen molar-refractivity contribution in [3.63, 3.8) is 0 Å². The molecular weight excluding hydrogens is 613 g/mol. The highest BCUT2D eigenvalue weighted by atomic mass is 14.1. The van der Waals surface area contributed by atoms with Crippen LogP contribution in [0.3, 0.4) is 0 Å². The third-order valence-corrected chi connectivity index (χ3v) is 12.3. The fraction of sp³-hybridized carbons (Fsp3) is 0.980. The first-order chi connectivity index (χ1) is 25.3. The molecule has 0 aliphatic rings. The van der Waals surface area contributed by atoms with Gasteiger partial charge in [0.15, 0.2) is 0 Å². The van der Waals surface area contributed by atoms with E-state index in [4.69, 9.17) is 0 Å². The van der Waals surface area contributed by atoms with Crippen molar-refractivity contribution in [1.29, 1.82) is 0 Å². The van der Waals surface area contributed by atoms with Crippen molar-refractivity contribution in [1.82, 2.24) is 0 Å². The summed E-state index contributed by atoms with van der Waals surface area (Å²) < 4.78 is 0. The molecule has 0 N–H and O–H groups in total. The van der Waals surface area contributed by atoms with Crippen LogP contribution in [0.1, 0.15) is 316 Å². The topological polar surface area (TPSA) is 0 Å². The van der Waals surface area contributed by atoms with E-state index in [-0.39, 0.29) is 0 Å². The van der Waals surface area contributed by atoms with Gasteiger partial charge >= 0.3 is 0 Å². The molecule has 0 aliphatic heterocycles. The fourth-order valence-electron chi connectivity index (χ4n) is 8.60. The van der Waals surface area contributed by atoms with E-state index in [1.807, 2.05) is 0 Å². The maximum Gasteiger partial charge on any atom is -0.0414 e. The lowest BCUT2D eigenvalue weighted by atomic mass is 9.90. The molecule has 0 rings (SSSR count). The zero-order valence-corrected chi connectivity index (χ0v) is 36.5. The zero-order valence-electron chi connectivity index (χ0n) is 36.5. The maximum absolute atomic E-state index is 4.14. The lowest BCUT2D eigenvalue weighted by Crippen LogP contribution is -2.01. The summed E-state index contributed by atoms with van der Waals surface area (Å²) in [7, 11) is 0. The summed E-state index contributed by atoms with van der Waals surface area (Å²) >= 11 is 0. The second kappa shape index (κ2) is 48.0. The Hall–Kier alpha value is 0. The van der Waals surface area contributed by atoms with Crippen LogP contribution in [0.15, 0.2) is 0 Å². The summed E-state index contributed by atoms with van der Waals surface area (Å²) in [5.74, 6) is 0.993. The maximum atomic E-state index is 4.14. The van der Waals surface area contributed by atoms with Crippen molar-refractivity contribution in [2.75, 3.05) is 0 Å². The van der Waals surface area contributed by atoms with Gasteiger partial charge in [-0.3, -0.25) is 0 Å². The zero-order chi connectivity index (χ0) is 36.8. The molecule has 0 amide bonds. The van der Waals surface area contributed by atoms with E-state index >= 15 is 0 Å². The first kappa shape index (κ1) is 51.0. The number of hydrogen-bond donors (Lipinski definition) is 0. The van der Waals surface area contributed by atoms with E-state index in [1.54, 1.807) is 0 Å². The SMILES string of the molecule is [CH2]CCCC(CCCCCCCCCCCCCCCCCCCCCCC)CCCCCCCCCCCCCCCCCCCCCCC. The molecule has 51 heavy (non-hydrogen) atoms. The molecule has 1 radical (unpaired) electrons. The summed E-state index contributed by atoms with van der Waals surface area (Å²) in [5, 5.41) is 0. The predicted octanol–water partition coefficient (Wildman–Crippen LogP) is 19.8. The highest BCUT2D eigenvalue weighted by Gasteiger charge is 2.08. The first-order valence-electron chi connectivity index (χ1n) is 25.1. The number of hydrogen-bond acceptors (Lipinski definition) is 0. The molecule has 0 aromatic carbocycles. The second-order valence-electron chi connectivity index (χ2n) is 17.6. The normalized spacial score (nSPS) is 11.8. The summed E-state index contributed by atoms with van der Waals surface area (Å²) in [5.41, 5.74) is 0. The average molecular weight is 716 g/mol. The molecule has 307 valence electrons. The molecule has 0 aromatic rings. The van der Waals surface area contributed by atoms with Gasteiger partial charge in [0.05, 0.1) is 0 Å². The highest BCUT2D eigenvalue weighted by Crippen LogP contribution is 2.24. The molecule has 0 nitrogen and oxygen atoms in total. The van der Waals surface area contributed by atoms with Crippen LogP contribution in [-0.2, 0) is 0 Å². The van der Waals surface area contributed by atoms with E-state index in [2.05, 4.69) is 20.8 Å². The third-order valence-electron chi connectivity index (χ3n) is 12.3. The van der Waals surface area contributed by atoms with E-state index in [9.17, 15) is 0 Å². The van der Waals surface area contributed by atoms with E-state index in [0.717, 1.165) is 12.3 Å². The predicted molar refractivity (Wildman–Crippen MR) is 237 cm³/mol. The first-order valence-corrected chi connectivity index (χ1v) is 25.1. The van der Waals surface area contributed by atoms with Crippen molar-refractivity contribution in [2.24, 2.45) is 5.92 Å². The van der Waals surface area contributed by atoms with Gasteiger partial charge < -0.3 is 0 Å². The quantitative estimate of drug-likeness (QED) is 0.0550. The summed E-state index contributed by atoms with van der Waals surface area (Å²) in [6.45, 7) is 8.77. The molecule has 0 spiro atoms. The Morgan fingerprint density at radius 1 is 0.216 bits per heavy atom. The number of rotatable bonds is 47. The van der Waals surface area contributed by atoms with Crippen LogP contribution in [0.2, 0.25) is 0 Å². The van der Waals surface area contributed by atoms with E-state index in [0.29, 0.717) is 0 Å². The summed E-state index contributed by atoms with van der Waals surface area (Å²) in [6, 6.07) is 0. The Bertz CT molecular complexity index is 518. The molecular formula is C51H103. The Kier molecular flexibility index (Phi) is 48.0. The fourth-order valence-corrected chi connectivity index (χ4v) is 8.60. The minimum absolute atomic E-state index is 0.993. The van der Waals surface area contributed by atoms with Crippen LogP contribution in [0.5, 0.6) is 0 Å². The smallest absolute Gasteiger partial charge is 0.0414 e. The Balaban J connectivity index is 3.40. The van der Waals surface area contributed by atoms with Crippen molar-refractivity contribution < 1.29 is 0 Å². The van der Waals surface area contributed by atoms with E-state index < -0.39 is 0 Å². The van der Waals surface area contributed by atoms with Crippen LogP contribution in [0.25, 0.3) is 0 Å². The standard InChI is InChI=1S/C51H103/c1-4-7-10-12-14-16-18-20-22-24-26-28-30-32-34-36-38-40-42-44-46-49-51(48-9-6-3)50-47-45-43-41-39-37-35-33-31-29-27-25-23-21-19-17-15-13-11-8-5-2/h51H,3-50H2,1-2H3. The van der Waals surface area contributed by atoms with Gasteiger partial charge in [-0.05, 0) is 5.92 Å². The summed E-state index contributed by atoms with van der Waals surface area (Å²) in [4.78, 5) is 0. The minimum atomic E-state index is 0.993. The molecule has 0 fully saturated rings. The van der Waals surface area contributed by atoms with Crippen molar-refractivity contribution in [2.45, 2.75) is 316 Å². The highest BCUT2D eigenvalue weighted by molar-refractivity contribution is 4.62. The van der Waals surface area contributed by atoms with Gasteiger partial charge in [0.1, 0.15) is 0 Å². The van der Waals surface area contributed by atoms with E-state index in [1.165, 1.54) is 295 Å². The largest absolute Gasteiger partial charge is 0.0654 e. The molecule has 0 aliphatic carbocycles. The lowest BCUT2D eigenvalue weighted by Gasteiger charge is -2.16. The molecule has 0 unspecified atom stereocenters. The molecule has 0 heterocycles. The number of unbranched alkanes of at least 4 members (excludes halogenated alkanes) is 41. The lowest BCUT2D eigenvalue weighted by molar-refractivity contribution is 0.372. The third kappa shape index (κ3) is 46.1. The van der Waals surface area contributed by atoms with Crippen LogP contribution in [0.4, 0.5) is 0 Å². The van der Waals surface area contributed by atoms with Crippen LogP contribution in [-0.4, -0.2) is 0 Å². The van der Waals surface area contributed by atoms with Crippen molar-refractivity contribution in [3.8, 4) is 0 Å². The van der Waals surface area contributed by atoms with Crippen LogP contribution < -0.4 is 0 Å².